The summed E-state index contributed by atoms with van der Waals surface area (Å²) in [5, 5.41) is 4.93. The Morgan fingerprint density at radius 3 is 3.12 bits per heavy atom. The van der Waals surface area contributed by atoms with Gasteiger partial charge in [-0.1, -0.05) is 19.8 Å². The summed E-state index contributed by atoms with van der Waals surface area (Å²) in [6, 6.07) is 0.565. The van der Waals surface area contributed by atoms with Crippen LogP contribution in [0.15, 0.2) is 0 Å². The Labute approximate surface area is 108 Å². The fourth-order valence-corrected chi connectivity index (χ4v) is 4.50. The zero-order chi connectivity index (χ0) is 11.7. The lowest BCUT2D eigenvalue weighted by Gasteiger charge is -2.20. The third-order valence-corrected chi connectivity index (χ3v) is 5.35. The second-order valence-corrected chi connectivity index (χ2v) is 6.58. The first kappa shape index (κ1) is 11.7. The third kappa shape index (κ3) is 2.41. The highest BCUT2D eigenvalue weighted by Gasteiger charge is 2.25. The quantitative estimate of drug-likeness (QED) is 0.888. The van der Waals surface area contributed by atoms with Gasteiger partial charge >= 0.3 is 0 Å². The molecule has 0 spiro atoms. The van der Waals surface area contributed by atoms with Crippen LogP contribution in [0.25, 0.3) is 0 Å². The van der Waals surface area contributed by atoms with Crippen molar-refractivity contribution in [2.45, 2.75) is 57.9 Å². The van der Waals surface area contributed by atoms with Crippen molar-refractivity contribution in [1.29, 1.82) is 0 Å². The van der Waals surface area contributed by atoms with Gasteiger partial charge in [0.1, 0.15) is 5.01 Å². The smallest absolute Gasteiger partial charge is 0.110 e. The predicted octanol–water partition coefficient (Wildman–Crippen LogP) is 3.47. The monoisotopic (exact) mass is 250 g/mol. The van der Waals surface area contributed by atoms with Crippen LogP contribution in [0, 0.1) is 5.92 Å². The van der Waals surface area contributed by atoms with E-state index in [1.54, 1.807) is 4.88 Å². The molecule has 0 bridgehead atoms. The average molecular weight is 250 g/mol. The van der Waals surface area contributed by atoms with E-state index in [1.165, 1.54) is 62.2 Å². The summed E-state index contributed by atoms with van der Waals surface area (Å²) in [5.41, 5.74) is 1.42. The second-order valence-electron chi connectivity index (χ2n) is 5.47. The first-order valence-electron chi connectivity index (χ1n) is 7.08. The molecule has 0 amide bonds. The summed E-state index contributed by atoms with van der Waals surface area (Å²) in [6.07, 6.45) is 9.21. The van der Waals surface area contributed by atoms with Gasteiger partial charge in [0, 0.05) is 4.88 Å². The molecule has 1 N–H and O–H groups in total. The van der Waals surface area contributed by atoms with Gasteiger partial charge in [-0.2, -0.15) is 0 Å². The number of hydrogen-bond donors (Lipinski definition) is 1. The van der Waals surface area contributed by atoms with Crippen molar-refractivity contribution in [2.75, 3.05) is 6.54 Å². The number of thiazole rings is 1. The lowest BCUT2D eigenvalue weighted by atomic mass is 9.88. The second kappa shape index (κ2) is 5.07. The van der Waals surface area contributed by atoms with Gasteiger partial charge in [0.25, 0.3) is 0 Å². The zero-order valence-electron chi connectivity index (χ0n) is 10.7. The SMILES string of the molecule is CCCC1CCc2nc(C3CCCN3)sc2C1. The van der Waals surface area contributed by atoms with E-state index in [0.717, 1.165) is 5.92 Å². The highest BCUT2D eigenvalue weighted by Crippen LogP contribution is 2.35. The Morgan fingerprint density at radius 2 is 2.35 bits per heavy atom. The number of nitrogens with one attached hydrogen (secondary N) is 1. The molecule has 3 heteroatoms. The molecule has 0 aromatic carbocycles. The zero-order valence-corrected chi connectivity index (χ0v) is 11.5. The fraction of sp³-hybridized carbons (Fsp3) is 0.786. The number of nitrogens with zero attached hydrogens (tertiary/aromatic N) is 1. The molecular weight excluding hydrogens is 228 g/mol. The Bertz CT molecular complexity index is 380. The molecule has 1 saturated heterocycles. The number of rotatable bonds is 3. The van der Waals surface area contributed by atoms with Crippen molar-refractivity contribution in [3.63, 3.8) is 0 Å². The molecule has 2 heterocycles. The van der Waals surface area contributed by atoms with Crippen molar-refractivity contribution >= 4 is 11.3 Å². The molecule has 1 aliphatic carbocycles. The van der Waals surface area contributed by atoms with E-state index in [0.29, 0.717) is 6.04 Å². The van der Waals surface area contributed by atoms with Gasteiger partial charge in [0.2, 0.25) is 0 Å². The van der Waals surface area contributed by atoms with Crippen molar-refractivity contribution < 1.29 is 0 Å². The molecule has 3 rings (SSSR count). The van der Waals surface area contributed by atoms with Crippen LogP contribution in [0.5, 0.6) is 0 Å². The first-order chi connectivity index (χ1) is 8.36. The molecule has 1 aromatic heterocycles. The van der Waals surface area contributed by atoms with E-state index in [-0.39, 0.29) is 0 Å². The van der Waals surface area contributed by atoms with Gasteiger partial charge in [-0.25, -0.2) is 4.98 Å². The standard InChI is InChI=1S/C14H22N2S/c1-2-4-10-6-7-11-13(9-10)17-14(16-11)12-5-3-8-15-12/h10,12,15H,2-9H2,1H3. The van der Waals surface area contributed by atoms with Gasteiger partial charge in [0.15, 0.2) is 0 Å². The van der Waals surface area contributed by atoms with E-state index < -0.39 is 0 Å². The van der Waals surface area contributed by atoms with Crippen molar-refractivity contribution in [1.82, 2.24) is 10.3 Å². The molecular formula is C14H22N2S. The average Bonchev–Trinajstić information content (AvgIpc) is 2.97. The Morgan fingerprint density at radius 1 is 1.41 bits per heavy atom. The molecule has 0 saturated carbocycles. The first-order valence-corrected chi connectivity index (χ1v) is 7.90. The third-order valence-electron chi connectivity index (χ3n) is 4.11. The number of aromatic nitrogens is 1. The summed E-state index contributed by atoms with van der Waals surface area (Å²) in [6.45, 7) is 3.48. The van der Waals surface area contributed by atoms with Gasteiger partial charge in [-0.15, -0.1) is 11.3 Å². The van der Waals surface area contributed by atoms with Crippen LogP contribution >= 0.6 is 11.3 Å². The Kier molecular flexibility index (Phi) is 3.48. The van der Waals surface area contributed by atoms with E-state index in [4.69, 9.17) is 4.98 Å². The minimum absolute atomic E-state index is 0.565. The van der Waals surface area contributed by atoms with Crippen LogP contribution < -0.4 is 5.32 Å². The van der Waals surface area contributed by atoms with Crippen LogP contribution in [0.4, 0.5) is 0 Å². The molecule has 0 radical (unpaired) electrons. The Balaban J connectivity index is 1.74. The summed E-state index contributed by atoms with van der Waals surface area (Å²) < 4.78 is 0. The maximum Gasteiger partial charge on any atom is 0.110 e. The fourth-order valence-electron chi connectivity index (χ4n) is 3.16. The normalized spacial score (nSPS) is 28.3. The van der Waals surface area contributed by atoms with E-state index >= 15 is 0 Å². The molecule has 1 aliphatic heterocycles. The molecule has 2 nitrogen and oxygen atoms in total. The minimum atomic E-state index is 0.565. The van der Waals surface area contributed by atoms with Crippen LogP contribution in [0.3, 0.4) is 0 Å². The van der Waals surface area contributed by atoms with Gasteiger partial charge < -0.3 is 5.32 Å². The summed E-state index contributed by atoms with van der Waals surface area (Å²) in [5.74, 6) is 0.928. The van der Waals surface area contributed by atoms with Crippen molar-refractivity contribution in [3.8, 4) is 0 Å². The van der Waals surface area contributed by atoms with Gasteiger partial charge in [0.05, 0.1) is 11.7 Å². The lowest BCUT2D eigenvalue weighted by molar-refractivity contribution is 0.423. The van der Waals surface area contributed by atoms with Crippen LogP contribution in [-0.2, 0) is 12.8 Å². The van der Waals surface area contributed by atoms with E-state index in [9.17, 15) is 0 Å². The number of aryl methyl sites for hydroxylation is 1. The number of hydrogen-bond acceptors (Lipinski definition) is 3. The summed E-state index contributed by atoms with van der Waals surface area (Å²) in [7, 11) is 0. The minimum Gasteiger partial charge on any atom is -0.308 e. The predicted molar refractivity (Wildman–Crippen MR) is 72.5 cm³/mol. The highest BCUT2D eigenvalue weighted by atomic mass is 32.1. The lowest BCUT2D eigenvalue weighted by Crippen LogP contribution is -2.13. The van der Waals surface area contributed by atoms with Gasteiger partial charge in [-0.3, -0.25) is 0 Å². The van der Waals surface area contributed by atoms with Crippen molar-refractivity contribution in [3.05, 3.63) is 15.6 Å². The molecule has 17 heavy (non-hydrogen) atoms. The molecule has 2 aliphatic rings. The van der Waals surface area contributed by atoms with Crippen LogP contribution in [0.2, 0.25) is 0 Å². The molecule has 1 fully saturated rings. The van der Waals surface area contributed by atoms with Crippen molar-refractivity contribution in [2.24, 2.45) is 5.92 Å². The van der Waals surface area contributed by atoms with Gasteiger partial charge in [-0.05, 0) is 44.6 Å². The maximum atomic E-state index is 4.88. The Hall–Kier alpha value is -0.410. The highest BCUT2D eigenvalue weighted by molar-refractivity contribution is 7.11. The van der Waals surface area contributed by atoms with Crippen LogP contribution in [0.1, 0.15) is 60.6 Å². The van der Waals surface area contributed by atoms with E-state index in [1.807, 2.05) is 11.3 Å². The topological polar surface area (TPSA) is 24.9 Å². The molecule has 94 valence electrons. The summed E-state index contributed by atoms with van der Waals surface area (Å²) >= 11 is 1.99. The molecule has 2 unspecified atom stereocenters. The molecule has 2 atom stereocenters. The largest absolute Gasteiger partial charge is 0.308 e. The van der Waals surface area contributed by atoms with E-state index in [2.05, 4.69) is 12.2 Å². The number of fused-ring (bicyclic) bond motifs is 1. The molecule has 1 aromatic rings. The maximum absolute atomic E-state index is 4.88. The van der Waals surface area contributed by atoms with Crippen LogP contribution in [-0.4, -0.2) is 11.5 Å². The summed E-state index contributed by atoms with van der Waals surface area (Å²) in [4.78, 5) is 6.48.